The van der Waals surface area contributed by atoms with Crippen LogP contribution in [-0.2, 0) is 14.4 Å². The maximum absolute atomic E-state index is 11.1. The summed E-state index contributed by atoms with van der Waals surface area (Å²) in [6.45, 7) is 3.54. The van der Waals surface area contributed by atoms with E-state index >= 15 is 0 Å². The Morgan fingerprint density at radius 1 is 0.636 bits per heavy atom. The fraction of sp³-hybridized carbons (Fsp3) is 0.808. The fourth-order valence-electron chi connectivity index (χ4n) is 4.18. The van der Waals surface area contributed by atoms with Crippen molar-refractivity contribution in [2.24, 2.45) is 0 Å². The summed E-state index contributed by atoms with van der Waals surface area (Å²) < 4.78 is 0.213. The van der Waals surface area contributed by atoms with E-state index in [0.29, 0.717) is 6.54 Å². The lowest BCUT2D eigenvalue weighted by Gasteiger charge is -2.38. The summed E-state index contributed by atoms with van der Waals surface area (Å²) in [7, 11) is 0. The lowest BCUT2D eigenvalue weighted by Crippen LogP contribution is -2.53. The number of nitrogens with zero attached hydrogens (tertiary/aromatic N) is 1. The highest BCUT2D eigenvalue weighted by Crippen LogP contribution is 2.16. The Morgan fingerprint density at radius 2 is 1.06 bits per heavy atom. The molecule has 0 bridgehead atoms. The molecule has 0 radical (unpaired) electrons. The molecule has 0 saturated heterocycles. The van der Waals surface area contributed by atoms with Gasteiger partial charge in [0, 0.05) is 12.4 Å². The molecule has 2 N–H and O–H groups in total. The number of unbranched alkanes of at least 4 members (excludes halogenated alkanes) is 11. The van der Waals surface area contributed by atoms with Gasteiger partial charge in [-0.25, -0.2) is 0 Å². The van der Waals surface area contributed by atoms with Crippen LogP contribution in [0.3, 0.4) is 0 Å². The number of rotatable bonds is 24. The van der Waals surface area contributed by atoms with E-state index in [9.17, 15) is 19.5 Å². The number of carboxylic acid groups (broad SMARTS) is 3. The van der Waals surface area contributed by atoms with Crippen molar-refractivity contribution < 1.29 is 34.2 Å². The van der Waals surface area contributed by atoms with Gasteiger partial charge in [-0.3, -0.25) is 9.59 Å². The molecule has 0 atom stereocenters. The highest BCUT2D eigenvalue weighted by Gasteiger charge is 2.28. The van der Waals surface area contributed by atoms with Gasteiger partial charge in [-0.05, 0) is 38.5 Å². The van der Waals surface area contributed by atoms with Crippen LogP contribution < -0.4 is 5.11 Å². The highest BCUT2D eigenvalue weighted by molar-refractivity contribution is 5.67. The zero-order valence-corrected chi connectivity index (χ0v) is 20.8. The van der Waals surface area contributed by atoms with Crippen molar-refractivity contribution in [2.75, 3.05) is 26.2 Å². The summed E-state index contributed by atoms with van der Waals surface area (Å²) >= 11 is 0. The van der Waals surface area contributed by atoms with Gasteiger partial charge in [0.15, 0.2) is 0 Å². The molecule has 0 unspecified atom stereocenters. The largest absolute Gasteiger partial charge is 0.550 e. The average molecular weight is 470 g/mol. The molecule has 0 aliphatic carbocycles. The van der Waals surface area contributed by atoms with Crippen LogP contribution in [0.15, 0.2) is 12.2 Å². The molecule has 0 aromatic heterocycles. The Hall–Kier alpha value is -1.89. The first-order valence-corrected chi connectivity index (χ1v) is 12.9. The molecule has 0 aliphatic heterocycles. The van der Waals surface area contributed by atoms with E-state index in [1.807, 2.05) is 0 Å². The first-order chi connectivity index (χ1) is 15.8. The van der Waals surface area contributed by atoms with Gasteiger partial charge in [-0.2, -0.15) is 0 Å². The third kappa shape index (κ3) is 20.4. The van der Waals surface area contributed by atoms with Crippen LogP contribution in [0, 0.1) is 0 Å². The predicted molar refractivity (Wildman–Crippen MR) is 129 cm³/mol. The fourth-order valence-corrected chi connectivity index (χ4v) is 4.18. The number of aliphatic carboxylic acids is 3. The smallest absolute Gasteiger partial charge is 0.309 e. The van der Waals surface area contributed by atoms with Gasteiger partial charge in [0.1, 0.15) is 0 Å². The van der Waals surface area contributed by atoms with Gasteiger partial charge in [-0.1, -0.05) is 64.0 Å². The van der Waals surface area contributed by atoms with E-state index in [-0.39, 0.29) is 43.4 Å². The third-order valence-electron chi connectivity index (χ3n) is 6.28. The van der Waals surface area contributed by atoms with Crippen LogP contribution in [0.1, 0.15) is 110 Å². The minimum Gasteiger partial charge on any atom is -0.550 e. The minimum absolute atomic E-state index is 0.101. The summed E-state index contributed by atoms with van der Waals surface area (Å²) in [6, 6.07) is 0. The van der Waals surface area contributed by atoms with Crippen LogP contribution in [0.25, 0.3) is 0 Å². The zero-order chi connectivity index (χ0) is 24.8. The van der Waals surface area contributed by atoms with E-state index in [1.165, 1.54) is 44.9 Å². The Kier molecular flexibility index (Phi) is 19.5. The number of allylic oxidation sites excluding steroid dienone is 2. The van der Waals surface area contributed by atoms with Gasteiger partial charge in [0.25, 0.3) is 0 Å². The van der Waals surface area contributed by atoms with Gasteiger partial charge < -0.3 is 24.6 Å². The van der Waals surface area contributed by atoms with Crippen molar-refractivity contribution in [2.45, 2.75) is 110 Å². The summed E-state index contributed by atoms with van der Waals surface area (Å²) in [5, 5.41) is 29.1. The molecule has 7 nitrogen and oxygen atoms in total. The second-order valence-corrected chi connectivity index (χ2v) is 9.23. The Morgan fingerprint density at radius 3 is 1.52 bits per heavy atom. The lowest BCUT2D eigenvalue weighted by atomic mass is 10.1. The number of carbonyl (C=O) groups excluding carboxylic acids is 1. The number of carbonyl (C=O) groups is 3. The van der Waals surface area contributed by atoms with E-state index in [2.05, 4.69) is 19.1 Å². The summed E-state index contributed by atoms with van der Waals surface area (Å²) in [6.07, 6.45) is 19.6. The first-order valence-electron chi connectivity index (χ1n) is 12.9. The maximum atomic E-state index is 11.1. The third-order valence-corrected chi connectivity index (χ3v) is 6.28. The molecule has 192 valence electrons. The quantitative estimate of drug-likeness (QED) is 0.122. The molecule has 0 aromatic rings. The molecule has 33 heavy (non-hydrogen) atoms. The number of hydrogen-bond acceptors (Lipinski definition) is 4. The molecule has 0 amide bonds. The second-order valence-electron chi connectivity index (χ2n) is 9.23. The van der Waals surface area contributed by atoms with E-state index < -0.39 is 17.9 Å². The Balaban J connectivity index is 4.20. The van der Waals surface area contributed by atoms with Crippen LogP contribution in [0.5, 0.6) is 0 Å². The standard InChI is InChI=1S/C26H47NO6/c1-2-3-4-5-6-7-8-9-10-11-12-13-14-15-16-20-27(21-17-24(28)29,22-18-25(30)31)23-19-26(32)33/h10-11H,2-9,12-23H2,1H3,(H2-,28,29,30,31,32,33)/b11-10+. The molecular weight excluding hydrogens is 422 g/mol. The van der Waals surface area contributed by atoms with Crippen LogP contribution in [0.4, 0.5) is 0 Å². The summed E-state index contributed by atoms with van der Waals surface area (Å²) in [5.74, 6) is -3.10. The second kappa shape index (κ2) is 20.7. The van der Waals surface area contributed by atoms with Crippen molar-refractivity contribution in [3.05, 3.63) is 12.2 Å². The molecule has 0 spiro atoms. The maximum Gasteiger partial charge on any atom is 0.309 e. The minimum atomic E-state index is -1.19. The van der Waals surface area contributed by atoms with Gasteiger partial charge in [0.05, 0.1) is 39.0 Å². The molecule has 7 heteroatoms. The summed E-state index contributed by atoms with van der Waals surface area (Å²) in [5.41, 5.74) is 0. The topological polar surface area (TPSA) is 115 Å². The Bertz CT molecular complexity index is 515. The average Bonchev–Trinajstić information content (AvgIpc) is 2.76. The number of carboxylic acids is 3. The predicted octanol–water partition coefficient (Wildman–Crippen LogP) is 4.54. The highest BCUT2D eigenvalue weighted by atomic mass is 16.4. The monoisotopic (exact) mass is 469 g/mol. The molecule has 0 aromatic carbocycles. The van der Waals surface area contributed by atoms with Crippen molar-refractivity contribution in [1.29, 1.82) is 0 Å². The molecule has 0 fully saturated rings. The molecule has 0 rings (SSSR count). The van der Waals surface area contributed by atoms with Gasteiger partial charge in [0.2, 0.25) is 0 Å². The van der Waals surface area contributed by atoms with Crippen LogP contribution in [-0.4, -0.2) is 58.8 Å². The number of quaternary nitrogens is 1. The zero-order valence-electron chi connectivity index (χ0n) is 20.8. The normalized spacial score (nSPS) is 11.8. The SMILES string of the molecule is CCCCCCCCC/C=C/CCCCCC[N+](CCC(=O)[O-])(CCC(=O)O)CCC(=O)O. The van der Waals surface area contributed by atoms with Crippen molar-refractivity contribution in [1.82, 2.24) is 0 Å². The Labute approximate surface area is 200 Å². The van der Waals surface area contributed by atoms with Crippen molar-refractivity contribution >= 4 is 17.9 Å². The molecule has 0 heterocycles. The van der Waals surface area contributed by atoms with Gasteiger partial charge >= 0.3 is 11.9 Å². The molecule has 0 saturated carbocycles. The van der Waals surface area contributed by atoms with E-state index in [0.717, 1.165) is 38.5 Å². The molecule has 0 aliphatic rings. The van der Waals surface area contributed by atoms with Crippen LogP contribution in [0.2, 0.25) is 0 Å². The number of hydrogen-bond donors (Lipinski definition) is 2. The van der Waals surface area contributed by atoms with Crippen molar-refractivity contribution in [3.63, 3.8) is 0 Å². The first kappa shape index (κ1) is 31.1. The van der Waals surface area contributed by atoms with Crippen LogP contribution >= 0.6 is 0 Å². The van der Waals surface area contributed by atoms with E-state index in [4.69, 9.17) is 10.2 Å². The van der Waals surface area contributed by atoms with Gasteiger partial charge in [-0.15, -0.1) is 0 Å². The van der Waals surface area contributed by atoms with E-state index in [1.54, 1.807) is 0 Å². The summed E-state index contributed by atoms with van der Waals surface area (Å²) in [4.78, 5) is 33.1. The molecular formula is C26H47NO6. The van der Waals surface area contributed by atoms with Crippen molar-refractivity contribution in [3.8, 4) is 0 Å². The lowest BCUT2D eigenvalue weighted by molar-refractivity contribution is -0.927.